The molecule has 1 saturated heterocycles. The molecule has 0 amide bonds. The lowest BCUT2D eigenvalue weighted by molar-refractivity contribution is -0.0441. The smallest absolute Gasteiger partial charge is 0.184 e. The zero-order chi connectivity index (χ0) is 13.8. The third kappa shape index (κ3) is 2.97. The first-order chi connectivity index (χ1) is 9.81. The number of hydrogen-bond donors (Lipinski definition) is 1. The first kappa shape index (κ1) is 12.7. The Balaban J connectivity index is 1.81. The van der Waals surface area contributed by atoms with Crippen LogP contribution in [0.1, 0.15) is 23.1 Å². The lowest BCUT2D eigenvalue weighted by Gasteiger charge is -2.08. The molecule has 100 valence electrons. The molecular formula is C16H14N2O2. The van der Waals surface area contributed by atoms with Crippen LogP contribution in [0.2, 0.25) is 0 Å². The monoisotopic (exact) mass is 266 g/mol. The van der Waals surface area contributed by atoms with Crippen LogP contribution in [-0.2, 0) is 9.47 Å². The molecule has 0 atom stereocenters. The highest BCUT2D eigenvalue weighted by Crippen LogP contribution is 2.22. The van der Waals surface area contributed by atoms with Gasteiger partial charge in [0, 0.05) is 23.0 Å². The van der Waals surface area contributed by atoms with E-state index in [1.165, 1.54) is 0 Å². The molecule has 1 aromatic carbocycles. The van der Waals surface area contributed by atoms with Crippen molar-refractivity contribution >= 4 is 5.69 Å². The molecule has 0 spiro atoms. The molecule has 0 unspecified atom stereocenters. The molecule has 1 fully saturated rings. The summed E-state index contributed by atoms with van der Waals surface area (Å²) in [6, 6.07) is 11.2. The molecular weight excluding hydrogens is 252 g/mol. The third-order valence-electron chi connectivity index (χ3n) is 2.92. The predicted octanol–water partition coefficient (Wildman–Crippen LogP) is 2.11. The van der Waals surface area contributed by atoms with E-state index in [2.05, 4.69) is 16.8 Å². The maximum Gasteiger partial charge on any atom is 0.184 e. The van der Waals surface area contributed by atoms with Crippen LogP contribution in [0.3, 0.4) is 0 Å². The van der Waals surface area contributed by atoms with Crippen LogP contribution in [0.4, 0.5) is 5.69 Å². The minimum absolute atomic E-state index is 0.296. The molecule has 0 bridgehead atoms. The van der Waals surface area contributed by atoms with Gasteiger partial charge in [0.15, 0.2) is 6.29 Å². The van der Waals surface area contributed by atoms with Crippen LogP contribution in [0, 0.1) is 11.8 Å². The summed E-state index contributed by atoms with van der Waals surface area (Å²) in [5.41, 5.74) is 8.90. The van der Waals surface area contributed by atoms with Crippen molar-refractivity contribution < 1.29 is 9.47 Å². The van der Waals surface area contributed by atoms with Gasteiger partial charge in [0.25, 0.3) is 0 Å². The zero-order valence-electron chi connectivity index (χ0n) is 10.9. The lowest BCUT2D eigenvalue weighted by atomic mass is 10.2. The number of nitrogen functional groups attached to an aromatic ring is 1. The highest BCUT2D eigenvalue weighted by atomic mass is 16.7. The predicted molar refractivity (Wildman–Crippen MR) is 75.7 cm³/mol. The Hall–Kier alpha value is -2.35. The van der Waals surface area contributed by atoms with Crippen LogP contribution < -0.4 is 5.73 Å². The van der Waals surface area contributed by atoms with Crippen molar-refractivity contribution in [3.63, 3.8) is 0 Å². The summed E-state index contributed by atoms with van der Waals surface area (Å²) in [6.07, 6.45) is 1.42. The standard InChI is InChI=1S/C16H14N2O2/c17-14-4-1-12(2-5-14)3-6-15-11-13(7-8-18-15)16-19-9-10-20-16/h1-2,4-5,7-8,11,16H,9-10,17H2. The number of ether oxygens (including phenoxy) is 2. The first-order valence-corrected chi connectivity index (χ1v) is 6.38. The quantitative estimate of drug-likeness (QED) is 0.634. The van der Waals surface area contributed by atoms with Crippen molar-refractivity contribution in [1.82, 2.24) is 4.98 Å². The van der Waals surface area contributed by atoms with E-state index in [1.807, 2.05) is 36.4 Å². The number of rotatable bonds is 1. The van der Waals surface area contributed by atoms with Crippen molar-refractivity contribution in [3.8, 4) is 11.8 Å². The second-order valence-corrected chi connectivity index (χ2v) is 4.42. The second kappa shape index (κ2) is 5.74. The maximum absolute atomic E-state index is 5.64. The lowest BCUT2D eigenvalue weighted by Crippen LogP contribution is -1.99. The van der Waals surface area contributed by atoms with Crippen molar-refractivity contribution in [2.75, 3.05) is 18.9 Å². The van der Waals surface area contributed by atoms with Crippen molar-refractivity contribution in [2.24, 2.45) is 0 Å². The summed E-state index contributed by atoms with van der Waals surface area (Å²) in [5, 5.41) is 0. The normalized spacial score (nSPS) is 14.8. The Morgan fingerprint density at radius 2 is 1.80 bits per heavy atom. The van der Waals surface area contributed by atoms with Gasteiger partial charge in [-0.25, -0.2) is 4.98 Å². The Kier molecular flexibility index (Phi) is 3.64. The van der Waals surface area contributed by atoms with Gasteiger partial charge in [-0.2, -0.15) is 0 Å². The van der Waals surface area contributed by atoms with E-state index in [-0.39, 0.29) is 6.29 Å². The van der Waals surface area contributed by atoms with Gasteiger partial charge >= 0.3 is 0 Å². The van der Waals surface area contributed by atoms with E-state index in [0.29, 0.717) is 18.9 Å². The van der Waals surface area contributed by atoms with Crippen molar-refractivity contribution in [1.29, 1.82) is 0 Å². The van der Waals surface area contributed by atoms with E-state index in [0.717, 1.165) is 16.8 Å². The van der Waals surface area contributed by atoms with Crippen LogP contribution in [0.15, 0.2) is 42.6 Å². The first-order valence-electron chi connectivity index (χ1n) is 6.38. The van der Waals surface area contributed by atoms with Gasteiger partial charge in [0.05, 0.1) is 13.2 Å². The summed E-state index contributed by atoms with van der Waals surface area (Å²) in [5.74, 6) is 6.09. The van der Waals surface area contributed by atoms with Gasteiger partial charge in [-0.1, -0.05) is 5.92 Å². The Morgan fingerprint density at radius 3 is 2.55 bits per heavy atom. The summed E-state index contributed by atoms with van der Waals surface area (Å²) in [4.78, 5) is 4.23. The molecule has 4 heteroatoms. The molecule has 3 rings (SSSR count). The molecule has 2 heterocycles. The second-order valence-electron chi connectivity index (χ2n) is 4.42. The SMILES string of the molecule is Nc1ccc(C#Cc2cc(C3OCCO3)ccn2)cc1. The molecule has 1 aliphatic heterocycles. The van der Waals surface area contributed by atoms with Gasteiger partial charge in [-0.3, -0.25) is 0 Å². The molecule has 1 aliphatic rings. The summed E-state index contributed by atoms with van der Waals surface area (Å²) in [6.45, 7) is 1.25. The van der Waals surface area contributed by atoms with E-state index in [1.54, 1.807) is 6.20 Å². The van der Waals surface area contributed by atoms with E-state index >= 15 is 0 Å². The highest BCUT2D eigenvalue weighted by Gasteiger charge is 2.18. The Labute approximate surface area is 117 Å². The molecule has 4 nitrogen and oxygen atoms in total. The number of anilines is 1. The zero-order valence-corrected chi connectivity index (χ0v) is 10.9. The fraction of sp³-hybridized carbons (Fsp3) is 0.188. The number of pyridine rings is 1. The van der Waals surface area contributed by atoms with E-state index < -0.39 is 0 Å². The Bertz CT molecular complexity index is 650. The van der Waals surface area contributed by atoms with E-state index in [4.69, 9.17) is 15.2 Å². The van der Waals surface area contributed by atoms with Crippen molar-refractivity contribution in [2.45, 2.75) is 6.29 Å². The molecule has 20 heavy (non-hydrogen) atoms. The van der Waals surface area contributed by atoms with Gasteiger partial charge in [0.1, 0.15) is 5.69 Å². The van der Waals surface area contributed by atoms with Gasteiger partial charge < -0.3 is 15.2 Å². The molecule has 1 aromatic heterocycles. The van der Waals surface area contributed by atoms with Gasteiger partial charge in [-0.05, 0) is 42.3 Å². The van der Waals surface area contributed by atoms with E-state index in [9.17, 15) is 0 Å². The molecule has 0 aliphatic carbocycles. The third-order valence-corrected chi connectivity index (χ3v) is 2.92. The maximum atomic E-state index is 5.64. The number of nitrogens with zero attached hydrogens (tertiary/aromatic N) is 1. The minimum Gasteiger partial charge on any atom is -0.399 e. The summed E-state index contributed by atoms with van der Waals surface area (Å²) < 4.78 is 10.9. The topological polar surface area (TPSA) is 57.4 Å². The molecule has 2 N–H and O–H groups in total. The summed E-state index contributed by atoms with van der Waals surface area (Å²) in [7, 11) is 0. The molecule has 2 aromatic rings. The minimum atomic E-state index is -0.296. The number of nitrogens with two attached hydrogens (primary N) is 1. The number of aromatic nitrogens is 1. The molecule has 0 radical (unpaired) electrons. The van der Waals surface area contributed by atoms with Crippen molar-refractivity contribution in [3.05, 3.63) is 59.4 Å². The average Bonchev–Trinajstić information content (AvgIpc) is 3.01. The van der Waals surface area contributed by atoms with Crippen LogP contribution in [0.5, 0.6) is 0 Å². The average molecular weight is 266 g/mol. The molecule has 0 saturated carbocycles. The van der Waals surface area contributed by atoms with Crippen LogP contribution in [-0.4, -0.2) is 18.2 Å². The number of hydrogen-bond acceptors (Lipinski definition) is 4. The Morgan fingerprint density at radius 1 is 1.05 bits per heavy atom. The highest BCUT2D eigenvalue weighted by molar-refractivity contribution is 5.46. The largest absolute Gasteiger partial charge is 0.399 e. The van der Waals surface area contributed by atoms with Crippen LogP contribution >= 0.6 is 0 Å². The van der Waals surface area contributed by atoms with Gasteiger partial charge in [0.2, 0.25) is 0 Å². The van der Waals surface area contributed by atoms with Gasteiger partial charge in [-0.15, -0.1) is 0 Å². The fourth-order valence-corrected chi connectivity index (χ4v) is 1.92. The van der Waals surface area contributed by atoms with Crippen LogP contribution in [0.25, 0.3) is 0 Å². The number of benzene rings is 1. The fourth-order valence-electron chi connectivity index (χ4n) is 1.92. The summed E-state index contributed by atoms with van der Waals surface area (Å²) >= 11 is 0.